The van der Waals surface area contributed by atoms with Crippen LogP contribution in [0.2, 0.25) is 0 Å². The maximum absolute atomic E-state index is 5.92. The van der Waals surface area contributed by atoms with Crippen molar-refractivity contribution in [3.8, 4) is 11.4 Å². The Morgan fingerprint density at radius 2 is 2.00 bits per heavy atom. The average Bonchev–Trinajstić information content (AvgIpc) is 2.82. The number of rotatable bonds is 2. The Morgan fingerprint density at radius 3 is 2.78 bits per heavy atom. The summed E-state index contributed by atoms with van der Waals surface area (Å²) in [5, 5.41) is 5.49. The molecule has 0 aliphatic rings. The number of nitrogens with two attached hydrogens (primary N) is 1. The minimum atomic E-state index is 0.606. The van der Waals surface area contributed by atoms with Crippen LogP contribution in [0.3, 0.4) is 0 Å². The highest BCUT2D eigenvalue weighted by Crippen LogP contribution is 2.25. The zero-order chi connectivity index (χ0) is 12.5. The molecule has 0 aliphatic carbocycles. The van der Waals surface area contributed by atoms with Gasteiger partial charge in [0.1, 0.15) is 5.75 Å². The molecule has 18 heavy (non-hydrogen) atoms. The molecule has 0 unspecified atom stereocenters. The lowest BCUT2D eigenvalue weighted by molar-refractivity contribution is 0.417. The number of anilines is 1. The number of methoxy groups -OCH3 is 1. The van der Waals surface area contributed by atoms with E-state index >= 15 is 0 Å². The predicted octanol–water partition coefficient (Wildman–Crippen LogP) is 2.62. The quantitative estimate of drug-likeness (QED) is 0.699. The van der Waals surface area contributed by atoms with Crippen LogP contribution < -0.4 is 10.5 Å². The molecule has 0 spiro atoms. The van der Waals surface area contributed by atoms with Gasteiger partial charge in [0.25, 0.3) is 0 Å². The summed E-state index contributed by atoms with van der Waals surface area (Å²) in [6.45, 7) is 0. The number of para-hydroxylation sites is 1. The minimum absolute atomic E-state index is 0.606. The van der Waals surface area contributed by atoms with Gasteiger partial charge in [-0.1, -0.05) is 18.2 Å². The first kappa shape index (κ1) is 10.7. The molecule has 90 valence electrons. The molecule has 0 aliphatic heterocycles. The second-order valence-corrected chi connectivity index (χ2v) is 4.04. The summed E-state index contributed by atoms with van der Waals surface area (Å²) in [7, 11) is 1.61. The van der Waals surface area contributed by atoms with E-state index in [2.05, 4.69) is 5.10 Å². The highest BCUT2D eigenvalue weighted by molar-refractivity contribution is 5.80. The van der Waals surface area contributed by atoms with E-state index in [1.54, 1.807) is 7.11 Å². The molecule has 1 aromatic heterocycles. The fourth-order valence-electron chi connectivity index (χ4n) is 2.03. The van der Waals surface area contributed by atoms with Crippen molar-refractivity contribution in [2.75, 3.05) is 12.8 Å². The first-order valence-corrected chi connectivity index (χ1v) is 5.66. The Hall–Kier alpha value is -2.49. The smallest absolute Gasteiger partial charge is 0.141 e. The molecule has 4 nitrogen and oxygen atoms in total. The predicted molar refractivity (Wildman–Crippen MR) is 72.0 cm³/mol. The third-order valence-electron chi connectivity index (χ3n) is 2.94. The third kappa shape index (κ3) is 1.59. The topological polar surface area (TPSA) is 53.1 Å². The first-order valence-electron chi connectivity index (χ1n) is 5.66. The molecule has 0 saturated carbocycles. The lowest BCUT2D eigenvalue weighted by Crippen LogP contribution is -1.99. The summed E-state index contributed by atoms with van der Waals surface area (Å²) in [6, 6.07) is 13.7. The van der Waals surface area contributed by atoms with Gasteiger partial charge in [0.15, 0.2) is 0 Å². The van der Waals surface area contributed by atoms with E-state index in [4.69, 9.17) is 10.5 Å². The van der Waals surface area contributed by atoms with E-state index in [1.165, 1.54) is 0 Å². The van der Waals surface area contributed by atoms with Gasteiger partial charge in [0, 0.05) is 5.39 Å². The van der Waals surface area contributed by atoms with Crippen LogP contribution >= 0.6 is 0 Å². The van der Waals surface area contributed by atoms with Crippen LogP contribution in [-0.4, -0.2) is 16.9 Å². The standard InChI is InChI=1S/C14H13N3O/c1-18-14-7-6-11(8-12(14)15)17-13-5-3-2-4-10(13)9-16-17/h2-9H,15H2,1H3. The molecule has 0 saturated heterocycles. The van der Waals surface area contributed by atoms with Crippen molar-refractivity contribution >= 4 is 16.6 Å². The van der Waals surface area contributed by atoms with Gasteiger partial charge in [-0.15, -0.1) is 0 Å². The summed E-state index contributed by atoms with van der Waals surface area (Å²) >= 11 is 0. The van der Waals surface area contributed by atoms with E-state index in [1.807, 2.05) is 53.3 Å². The summed E-state index contributed by atoms with van der Waals surface area (Å²) in [5.74, 6) is 0.676. The van der Waals surface area contributed by atoms with Gasteiger partial charge in [0.2, 0.25) is 0 Å². The van der Waals surface area contributed by atoms with Gasteiger partial charge in [-0.2, -0.15) is 5.10 Å². The van der Waals surface area contributed by atoms with Crippen LogP contribution in [0.5, 0.6) is 5.75 Å². The van der Waals surface area contributed by atoms with E-state index < -0.39 is 0 Å². The lowest BCUT2D eigenvalue weighted by atomic mass is 10.2. The molecule has 1 heterocycles. The number of benzene rings is 2. The van der Waals surface area contributed by atoms with E-state index in [0.29, 0.717) is 11.4 Å². The van der Waals surface area contributed by atoms with Crippen LogP contribution in [0.25, 0.3) is 16.6 Å². The van der Waals surface area contributed by atoms with Crippen molar-refractivity contribution < 1.29 is 4.74 Å². The maximum atomic E-state index is 5.92. The van der Waals surface area contributed by atoms with E-state index in [9.17, 15) is 0 Å². The van der Waals surface area contributed by atoms with Gasteiger partial charge in [0.05, 0.1) is 30.2 Å². The zero-order valence-electron chi connectivity index (χ0n) is 10.00. The summed E-state index contributed by atoms with van der Waals surface area (Å²) in [5.41, 5.74) is 8.50. The van der Waals surface area contributed by atoms with Crippen LogP contribution in [0.1, 0.15) is 0 Å². The second kappa shape index (κ2) is 4.07. The average molecular weight is 239 g/mol. The summed E-state index contributed by atoms with van der Waals surface area (Å²) in [4.78, 5) is 0. The Morgan fingerprint density at radius 1 is 1.17 bits per heavy atom. The molecule has 2 N–H and O–H groups in total. The molecule has 0 amide bonds. The minimum Gasteiger partial charge on any atom is -0.495 e. The number of fused-ring (bicyclic) bond motifs is 1. The zero-order valence-corrected chi connectivity index (χ0v) is 10.00. The Bertz CT molecular complexity index is 703. The van der Waals surface area contributed by atoms with Gasteiger partial charge in [-0.25, -0.2) is 4.68 Å². The highest BCUT2D eigenvalue weighted by Gasteiger charge is 2.06. The second-order valence-electron chi connectivity index (χ2n) is 4.04. The summed E-state index contributed by atoms with van der Waals surface area (Å²) in [6.07, 6.45) is 1.84. The molecule has 3 aromatic rings. The number of hydrogen-bond acceptors (Lipinski definition) is 3. The van der Waals surface area contributed by atoms with Crippen LogP contribution in [0, 0.1) is 0 Å². The van der Waals surface area contributed by atoms with E-state index in [0.717, 1.165) is 16.6 Å². The first-order chi connectivity index (χ1) is 8.79. The van der Waals surface area contributed by atoms with Crippen molar-refractivity contribution in [1.82, 2.24) is 9.78 Å². The van der Waals surface area contributed by atoms with Gasteiger partial charge in [-0.05, 0) is 24.3 Å². The van der Waals surface area contributed by atoms with Gasteiger partial charge >= 0.3 is 0 Å². The van der Waals surface area contributed by atoms with Crippen LogP contribution in [0.4, 0.5) is 5.69 Å². The molecule has 0 fully saturated rings. The van der Waals surface area contributed by atoms with Gasteiger partial charge in [-0.3, -0.25) is 0 Å². The number of nitrogens with zero attached hydrogens (tertiary/aromatic N) is 2. The fraction of sp³-hybridized carbons (Fsp3) is 0.0714. The van der Waals surface area contributed by atoms with Crippen molar-refractivity contribution in [2.45, 2.75) is 0 Å². The fourth-order valence-corrected chi connectivity index (χ4v) is 2.03. The monoisotopic (exact) mass is 239 g/mol. The van der Waals surface area contributed by atoms with Crippen molar-refractivity contribution in [1.29, 1.82) is 0 Å². The Labute approximate surface area is 105 Å². The molecule has 0 radical (unpaired) electrons. The molecular formula is C14H13N3O. The van der Waals surface area contributed by atoms with E-state index in [-0.39, 0.29) is 0 Å². The Kier molecular flexibility index (Phi) is 2.41. The van der Waals surface area contributed by atoms with Gasteiger partial charge < -0.3 is 10.5 Å². The normalized spacial score (nSPS) is 10.7. The number of ether oxygens (including phenoxy) is 1. The SMILES string of the molecule is COc1ccc(-n2ncc3ccccc32)cc1N. The highest BCUT2D eigenvalue weighted by atomic mass is 16.5. The number of nitrogen functional groups attached to an aromatic ring is 1. The Balaban J connectivity index is 2.17. The van der Waals surface area contributed by atoms with Crippen molar-refractivity contribution in [3.05, 3.63) is 48.7 Å². The molecule has 2 aromatic carbocycles. The van der Waals surface area contributed by atoms with Crippen LogP contribution in [0.15, 0.2) is 48.7 Å². The summed E-state index contributed by atoms with van der Waals surface area (Å²) < 4.78 is 7.02. The molecule has 0 atom stereocenters. The molecule has 4 heteroatoms. The molecular weight excluding hydrogens is 226 g/mol. The molecule has 3 rings (SSSR count). The van der Waals surface area contributed by atoms with Crippen molar-refractivity contribution in [3.63, 3.8) is 0 Å². The largest absolute Gasteiger partial charge is 0.495 e. The van der Waals surface area contributed by atoms with Crippen LogP contribution in [-0.2, 0) is 0 Å². The maximum Gasteiger partial charge on any atom is 0.141 e. The lowest BCUT2D eigenvalue weighted by Gasteiger charge is -2.08. The number of hydrogen-bond donors (Lipinski definition) is 1. The third-order valence-corrected chi connectivity index (χ3v) is 2.94. The number of aromatic nitrogens is 2. The molecule has 0 bridgehead atoms. The van der Waals surface area contributed by atoms with Crippen molar-refractivity contribution in [2.24, 2.45) is 0 Å².